The van der Waals surface area contributed by atoms with Crippen molar-refractivity contribution >= 4 is 34.1 Å². The van der Waals surface area contributed by atoms with Gasteiger partial charge in [-0.1, -0.05) is 30.8 Å². The third-order valence-corrected chi connectivity index (χ3v) is 6.18. The number of nitrogens with zero attached hydrogens (tertiary/aromatic N) is 5. The second kappa shape index (κ2) is 9.19. The molecule has 0 atom stereocenters. The van der Waals surface area contributed by atoms with Crippen molar-refractivity contribution in [3.63, 3.8) is 0 Å². The number of hydrogen-bond acceptors (Lipinski definition) is 7. The molecule has 0 aliphatic rings. The number of benzene rings is 1. The van der Waals surface area contributed by atoms with E-state index in [9.17, 15) is 4.79 Å². The van der Waals surface area contributed by atoms with E-state index in [0.717, 1.165) is 23.4 Å². The number of aryl methyl sites for hydroxylation is 2. The molecule has 1 N–H and O–H groups in total. The van der Waals surface area contributed by atoms with Crippen molar-refractivity contribution in [3.8, 4) is 17.1 Å². The van der Waals surface area contributed by atoms with E-state index in [1.807, 2.05) is 29.0 Å². The van der Waals surface area contributed by atoms with Gasteiger partial charge in [-0.3, -0.25) is 14.3 Å². The number of rotatable bonds is 7. The quantitative estimate of drug-likeness (QED) is 0.433. The Morgan fingerprint density at radius 2 is 1.90 bits per heavy atom. The lowest BCUT2D eigenvalue weighted by molar-refractivity contribution is -0.113. The van der Waals surface area contributed by atoms with Gasteiger partial charge in [-0.05, 0) is 43.2 Å². The SMILES string of the molecule is CCc1ccc(-n2c(SCC(=O)Nc3nc(C)cs3)nnc2-c2ccncc2)cc1. The molecule has 0 saturated heterocycles. The van der Waals surface area contributed by atoms with Gasteiger partial charge in [0.25, 0.3) is 0 Å². The molecule has 0 bridgehead atoms. The highest BCUT2D eigenvalue weighted by molar-refractivity contribution is 7.99. The maximum Gasteiger partial charge on any atom is 0.236 e. The van der Waals surface area contributed by atoms with Crippen molar-refractivity contribution in [3.05, 3.63) is 65.4 Å². The van der Waals surface area contributed by atoms with Gasteiger partial charge in [-0.25, -0.2) is 4.98 Å². The number of carbonyl (C=O) groups excluding carboxylic acids is 1. The molecule has 0 radical (unpaired) electrons. The predicted molar refractivity (Wildman–Crippen MR) is 120 cm³/mol. The van der Waals surface area contributed by atoms with Crippen molar-refractivity contribution in [2.75, 3.05) is 11.1 Å². The van der Waals surface area contributed by atoms with Gasteiger partial charge in [-0.2, -0.15) is 0 Å². The van der Waals surface area contributed by atoms with Crippen molar-refractivity contribution in [1.82, 2.24) is 24.7 Å². The fourth-order valence-electron chi connectivity index (χ4n) is 2.86. The average molecular weight is 437 g/mol. The third kappa shape index (κ3) is 4.58. The van der Waals surface area contributed by atoms with E-state index in [-0.39, 0.29) is 11.7 Å². The zero-order valence-corrected chi connectivity index (χ0v) is 18.2. The van der Waals surface area contributed by atoms with Crippen LogP contribution in [0.3, 0.4) is 0 Å². The van der Waals surface area contributed by atoms with Crippen LogP contribution in [0, 0.1) is 6.92 Å². The van der Waals surface area contributed by atoms with Crippen LogP contribution in [0.4, 0.5) is 5.13 Å². The number of carbonyl (C=O) groups is 1. The van der Waals surface area contributed by atoms with Crippen LogP contribution < -0.4 is 5.32 Å². The fraction of sp³-hybridized carbons (Fsp3) is 0.190. The van der Waals surface area contributed by atoms with Crippen molar-refractivity contribution in [2.24, 2.45) is 0 Å². The molecule has 0 unspecified atom stereocenters. The molecule has 30 heavy (non-hydrogen) atoms. The Kier molecular flexibility index (Phi) is 6.20. The zero-order valence-electron chi connectivity index (χ0n) is 16.6. The number of nitrogens with one attached hydrogen (secondary N) is 1. The maximum atomic E-state index is 12.4. The van der Waals surface area contributed by atoms with Gasteiger partial charge in [0.1, 0.15) is 0 Å². The van der Waals surface area contributed by atoms with Crippen molar-refractivity contribution in [2.45, 2.75) is 25.4 Å². The number of pyridine rings is 1. The van der Waals surface area contributed by atoms with E-state index in [2.05, 4.69) is 56.7 Å². The molecule has 4 rings (SSSR count). The molecule has 1 amide bonds. The van der Waals surface area contributed by atoms with Gasteiger partial charge in [0.2, 0.25) is 5.91 Å². The molecule has 0 aliphatic carbocycles. The largest absolute Gasteiger partial charge is 0.301 e. The predicted octanol–water partition coefficient (Wildman–Crippen LogP) is 4.39. The molecule has 4 aromatic rings. The highest BCUT2D eigenvalue weighted by Crippen LogP contribution is 2.28. The van der Waals surface area contributed by atoms with Crippen LogP contribution in [0.2, 0.25) is 0 Å². The number of hydrogen-bond donors (Lipinski definition) is 1. The van der Waals surface area contributed by atoms with Gasteiger partial charge in [-0.15, -0.1) is 21.5 Å². The topological polar surface area (TPSA) is 85.6 Å². The van der Waals surface area contributed by atoms with E-state index >= 15 is 0 Å². The first-order chi connectivity index (χ1) is 14.6. The number of thioether (sulfide) groups is 1. The first-order valence-electron chi connectivity index (χ1n) is 9.44. The standard InChI is InChI=1S/C21H20N6OS2/c1-3-15-4-6-17(7-5-15)27-19(16-8-10-22-11-9-16)25-26-21(27)30-13-18(28)24-20-23-14(2)12-29-20/h4-12H,3,13H2,1-2H3,(H,23,24,28). The minimum absolute atomic E-state index is 0.129. The highest BCUT2D eigenvalue weighted by Gasteiger charge is 2.17. The number of thiazole rings is 1. The summed E-state index contributed by atoms with van der Waals surface area (Å²) in [6.45, 7) is 4.02. The van der Waals surface area contributed by atoms with E-state index < -0.39 is 0 Å². The summed E-state index contributed by atoms with van der Waals surface area (Å²) in [4.78, 5) is 20.7. The van der Waals surface area contributed by atoms with E-state index in [4.69, 9.17) is 0 Å². The summed E-state index contributed by atoms with van der Waals surface area (Å²) in [5.74, 6) is 0.788. The van der Waals surface area contributed by atoms with E-state index in [1.54, 1.807) is 12.4 Å². The highest BCUT2D eigenvalue weighted by atomic mass is 32.2. The Balaban J connectivity index is 1.60. The van der Waals surface area contributed by atoms with Crippen molar-refractivity contribution < 1.29 is 4.79 Å². The van der Waals surface area contributed by atoms with Crippen LogP contribution >= 0.6 is 23.1 Å². The van der Waals surface area contributed by atoms with E-state index in [0.29, 0.717) is 16.1 Å². The second-order valence-corrected chi connectivity index (χ2v) is 8.33. The van der Waals surface area contributed by atoms with Gasteiger partial charge in [0.05, 0.1) is 11.4 Å². The lowest BCUT2D eigenvalue weighted by Crippen LogP contribution is -2.14. The summed E-state index contributed by atoms with van der Waals surface area (Å²) in [5.41, 5.74) is 4.00. The molecule has 1 aromatic carbocycles. The normalized spacial score (nSPS) is 10.9. The molecular formula is C21H20N6OS2. The Labute approximate surface area is 182 Å². The first kappa shape index (κ1) is 20.2. The molecule has 3 aromatic heterocycles. The summed E-state index contributed by atoms with van der Waals surface area (Å²) in [6, 6.07) is 12.1. The van der Waals surface area contributed by atoms with Crippen LogP contribution in [-0.4, -0.2) is 36.4 Å². The number of amides is 1. The fourth-order valence-corrected chi connectivity index (χ4v) is 4.32. The third-order valence-electron chi connectivity index (χ3n) is 4.37. The second-order valence-electron chi connectivity index (χ2n) is 6.53. The van der Waals surface area contributed by atoms with Crippen LogP contribution in [0.15, 0.2) is 59.3 Å². The minimum atomic E-state index is -0.129. The zero-order chi connectivity index (χ0) is 20.9. The van der Waals surface area contributed by atoms with Gasteiger partial charge < -0.3 is 5.32 Å². The van der Waals surface area contributed by atoms with E-state index in [1.165, 1.54) is 28.7 Å². The Morgan fingerprint density at radius 1 is 1.13 bits per heavy atom. The summed E-state index contributed by atoms with van der Waals surface area (Å²) in [5, 5.41) is 14.7. The Morgan fingerprint density at radius 3 is 2.57 bits per heavy atom. The van der Waals surface area contributed by atoms with Gasteiger partial charge >= 0.3 is 0 Å². The number of aromatic nitrogens is 5. The van der Waals surface area contributed by atoms with Crippen molar-refractivity contribution in [1.29, 1.82) is 0 Å². The maximum absolute atomic E-state index is 12.4. The molecule has 152 valence electrons. The molecule has 0 fully saturated rings. The van der Waals surface area contributed by atoms with Gasteiger partial charge in [0.15, 0.2) is 16.1 Å². The summed E-state index contributed by atoms with van der Waals surface area (Å²) < 4.78 is 1.97. The molecule has 0 saturated carbocycles. The molecule has 9 heteroatoms. The summed E-state index contributed by atoms with van der Waals surface area (Å²) in [6.07, 6.45) is 4.42. The first-order valence-corrected chi connectivity index (χ1v) is 11.3. The van der Waals surface area contributed by atoms with Gasteiger partial charge in [0, 0.05) is 29.0 Å². The molecule has 0 aliphatic heterocycles. The van der Waals surface area contributed by atoms with Crippen LogP contribution in [0.1, 0.15) is 18.2 Å². The molecule has 7 nitrogen and oxygen atoms in total. The average Bonchev–Trinajstić information content (AvgIpc) is 3.39. The Bertz CT molecular complexity index is 1140. The monoisotopic (exact) mass is 436 g/mol. The molecule has 3 heterocycles. The van der Waals surface area contributed by atoms with Crippen LogP contribution in [0.5, 0.6) is 0 Å². The molecular weight excluding hydrogens is 416 g/mol. The summed E-state index contributed by atoms with van der Waals surface area (Å²) >= 11 is 2.75. The minimum Gasteiger partial charge on any atom is -0.301 e. The lowest BCUT2D eigenvalue weighted by Gasteiger charge is -2.11. The smallest absolute Gasteiger partial charge is 0.236 e. The Hall–Kier alpha value is -3.04. The lowest BCUT2D eigenvalue weighted by atomic mass is 10.1. The van der Waals surface area contributed by atoms with Crippen LogP contribution in [-0.2, 0) is 11.2 Å². The van der Waals surface area contributed by atoms with Crippen LogP contribution in [0.25, 0.3) is 17.1 Å². The number of anilines is 1. The summed E-state index contributed by atoms with van der Waals surface area (Å²) in [7, 11) is 0. The molecule has 0 spiro atoms.